The Hall–Kier alpha value is -2.88. The standard InChI is InChI=1S/C22H25N3O/c1-4-21-16(2)24-25(17(21)3)20-12-10-19(11-13-20)22(26)23-15-14-18-8-6-5-7-9-18/h5-13H,4,14-15H2,1-3H3,(H,23,26). The molecule has 0 aliphatic rings. The van der Waals surface area contributed by atoms with Gasteiger partial charge < -0.3 is 5.32 Å². The second-order valence-corrected chi connectivity index (χ2v) is 6.45. The van der Waals surface area contributed by atoms with Crippen LogP contribution in [0, 0.1) is 13.8 Å². The van der Waals surface area contributed by atoms with E-state index >= 15 is 0 Å². The SMILES string of the molecule is CCc1c(C)nn(-c2ccc(C(=O)NCCc3ccccc3)cc2)c1C. The lowest BCUT2D eigenvalue weighted by Gasteiger charge is -2.08. The molecule has 2 aromatic carbocycles. The fraction of sp³-hybridized carbons (Fsp3) is 0.273. The van der Waals surface area contributed by atoms with Crippen LogP contribution in [0.25, 0.3) is 5.69 Å². The van der Waals surface area contributed by atoms with Crippen molar-refractivity contribution in [2.45, 2.75) is 33.6 Å². The Morgan fingerprint density at radius 3 is 2.35 bits per heavy atom. The molecule has 0 radical (unpaired) electrons. The molecule has 0 aliphatic heterocycles. The lowest BCUT2D eigenvalue weighted by atomic mass is 10.1. The number of carbonyl (C=O) groups is 1. The number of benzene rings is 2. The molecule has 0 aliphatic carbocycles. The van der Waals surface area contributed by atoms with E-state index in [0.717, 1.165) is 29.9 Å². The van der Waals surface area contributed by atoms with E-state index in [4.69, 9.17) is 0 Å². The number of hydrogen-bond acceptors (Lipinski definition) is 2. The predicted molar refractivity (Wildman–Crippen MR) is 105 cm³/mol. The summed E-state index contributed by atoms with van der Waals surface area (Å²) >= 11 is 0. The van der Waals surface area contributed by atoms with Crippen LogP contribution in [0.3, 0.4) is 0 Å². The van der Waals surface area contributed by atoms with Gasteiger partial charge in [-0.1, -0.05) is 37.3 Å². The zero-order chi connectivity index (χ0) is 18.5. The average Bonchev–Trinajstić information content (AvgIpc) is 2.96. The van der Waals surface area contributed by atoms with Crippen molar-refractivity contribution in [3.8, 4) is 5.69 Å². The number of rotatable bonds is 6. The third kappa shape index (κ3) is 3.85. The van der Waals surface area contributed by atoms with Gasteiger partial charge in [0.2, 0.25) is 0 Å². The topological polar surface area (TPSA) is 46.9 Å². The number of nitrogens with one attached hydrogen (secondary N) is 1. The number of aromatic nitrogens is 2. The molecule has 0 atom stereocenters. The van der Waals surface area contributed by atoms with E-state index < -0.39 is 0 Å². The van der Waals surface area contributed by atoms with Crippen molar-refractivity contribution in [1.29, 1.82) is 0 Å². The molecular formula is C22H25N3O. The van der Waals surface area contributed by atoms with Gasteiger partial charge in [0.05, 0.1) is 11.4 Å². The molecule has 0 bridgehead atoms. The van der Waals surface area contributed by atoms with Gasteiger partial charge in [-0.05, 0) is 62.1 Å². The minimum atomic E-state index is -0.0462. The first-order valence-electron chi connectivity index (χ1n) is 9.07. The van der Waals surface area contributed by atoms with Crippen molar-refractivity contribution in [1.82, 2.24) is 15.1 Å². The smallest absolute Gasteiger partial charge is 0.251 e. The largest absolute Gasteiger partial charge is 0.352 e. The fourth-order valence-electron chi connectivity index (χ4n) is 3.26. The maximum absolute atomic E-state index is 12.3. The first-order chi connectivity index (χ1) is 12.6. The van der Waals surface area contributed by atoms with Crippen LogP contribution in [0.15, 0.2) is 54.6 Å². The summed E-state index contributed by atoms with van der Waals surface area (Å²) in [5.41, 5.74) is 6.37. The monoisotopic (exact) mass is 347 g/mol. The second-order valence-electron chi connectivity index (χ2n) is 6.45. The lowest BCUT2D eigenvalue weighted by molar-refractivity contribution is 0.0954. The first kappa shape index (κ1) is 17.9. The van der Waals surface area contributed by atoms with Crippen LogP contribution < -0.4 is 5.32 Å². The molecular weight excluding hydrogens is 322 g/mol. The highest BCUT2D eigenvalue weighted by Gasteiger charge is 2.12. The average molecular weight is 347 g/mol. The molecule has 1 N–H and O–H groups in total. The Labute approximate surface area is 154 Å². The summed E-state index contributed by atoms with van der Waals surface area (Å²) in [7, 11) is 0. The number of amides is 1. The van der Waals surface area contributed by atoms with E-state index in [1.165, 1.54) is 11.1 Å². The van der Waals surface area contributed by atoms with Crippen LogP contribution in [0.5, 0.6) is 0 Å². The minimum Gasteiger partial charge on any atom is -0.352 e. The second kappa shape index (κ2) is 8.00. The summed E-state index contributed by atoms with van der Waals surface area (Å²) in [6, 6.07) is 17.8. The Kier molecular flexibility index (Phi) is 5.52. The first-order valence-corrected chi connectivity index (χ1v) is 9.07. The Bertz CT molecular complexity index is 880. The van der Waals surface area contributed by atoms with Gasteiger partial charge in [-0.25, -0.2) is 4.68 Å². The minimum absolute atomic E-state index is 0.0462. The lowest BCUT2D eigenvalue weighted by Crippen LogP contribution is -2.25. The van der Waals surface area contributed by atoms with Gasteiger partial charge in [-0.2, -0.15) is 5.10 Å². The highest BCUT2D eigenvalue weighted by molar-refractivity contribution is 5.94. The summed E-state index contributed by atoms with van der Waals surface area (Å²) < 4.78 is 1.95. The van der Waals surface area contributed by atoms with Crippen molar-refractivity contribution in [3.05, 3.63) is 82.7 Å². The zero-order valence-corrected chi connectivity index (χ0v) is 15.6. The van der Waals surface area contributed by atoms with Crippen LogP contribution in [-0.4, -0.2) is 22.2 Å². The van der Waals surface area contributed by atoms with E-state index in [2.05, 4.69) is 36.4 Å². The summed E-state index contributed by atoms with van der Waals surface area (Å²) in [6.07, 6.45) is 1.80. The zero-order valence-electron chi connectivity index (χ0n) is 15.6. The molecule has 0 saturated carbocycles. The molecule has 4 nitrogen and oxygen atoms in total. The third-order valence-electron chi connectivity index (χ3n) is 4.71. The third-order valence-corrected chi connectivity index (χ3v) is 4.71. The number of aryl methyl sites for hydroxylation is 1. The molecule has 134 valence electrons. The van der Waals surface area contributed by atoms with Crippen LogP contribution in [0.2, 0.25) is 0 Å². The van der Waals surface area contributed by atoms with Gasteiger partial charge in [0.15, 0.2) is 0 Å². The predicted octanol–water partition coefficient (Wildman–Crippen LogP) is 4.02. The molecule has 0 unspecified atom stereocenters. The summed E-state index contributed by atoms with van der Waals surface area (Å²) in [5.74, 6) is -0.0462. The highest BCUT2D eigenvalue weighted by atomic mass is 16.1. The Morgan fingerprint density at radius 1 is 1.04 bits per heavy atom. The Balaban J connectivity index is 1.64. The van der Waals surface area contributed by atoms with Crippen molar-refractivity contribution in [3.63, 3.8) is 0 Å². The normalized spacial score (nSPS) is 10.7. The summed E-state index contributed by atoms with van der Waals surface area (Å²) in [6.45, 7) is 6.89. The molecule has 3 aromatic rings. The number of carbonyl (C=O) groups excluding carboxylic acids is 1. The maximum Gasteiger partial charge on any atom is 0.251 e. The van der Waals surface area contributed by atoms with E-state index in [0.29, 0.717) is 12.1 Å². The fourth-order valence-corrected chi connectivity index (χ4v) is 3.26. The molecule has 1 amide bonds. The van der Waals surface area contributed by atoms with E-state index in [9.17, 15) is 4.79 Å². The number of hydrogen-bond donors (Lipinski definition) is 1. The van der Waals surface area contributed by atoms with Gasteiger partial charge in [-0.15, -0.1) is 0 Å². The highest BCUT2D eigenvalue weighted by Crippen LogP contribution is 2.18. The molecule has 26 heavy (non-hydrogen) atoms. The molecule has 0 saturated heterocycles. The molecule has 1 heterocycles. The van der Waals surface area contributed by atoms with E-state index in [-0.39, 0.29) is 5.91 Å². The molecule has 4 heteroatoms. The van der Waals surface area contributed by atoms with Gasteiger partial charge in [0.1, 0.15) is 0 Å². The quantitative estimate of drug-likeness (QED) is 0.732. The summed E-state index contributed by atoms with van der Waals surface area (Å²) in [4.78, 5) is 12.3. The van der Waals surface area contributed by atoms with Crippen molar-refractivity contribution < 1.29 is 4.79 Å². The van der Waals surface area contributed by atoms with E-state index in [1.54, 1.807) is 0 Å². The maximum atomic E-state index is 12.3. The van der Waals surface area contributed by atoms with Crippen LogP contribution in [0.1, 0.15) is 39.8 Å². The Morgan fingerprint density at radius 2 is 1.73 bits per heavy atom. The van der Waals surface area contributed by atoms with Gasteiger partial charge in [0.25, 0.3) is 5.91 Å². The van der Waals surface area contributed by atoms with Gasteiger partial charge in [0, 0.05) is 17.8 Å². The molecule has 0 fully saturated rings. The van der Waals surface area contributed by atoms with Crippen LogP contribution in [-0.2, 0) is 12.8 Å². The van der Waals surface area contributed by atoms with Crippen molar-refractivity contribution >= 4 is 5.91 Å². The van der Waals surface area contributed by atoms with Crippen molar-refractivity contribution in [2.75, 3.05) is 6.54 Å². The molecule has 1 aromatic heterocycles. The van der Waals surface area contributed by atoms with Gasteiger partial charge >= 0.3 is 0 Å². The molecule has 0 spiro atoms. The van der Waals surface area contributed by atoms with Crippen LogP contribution >= 0.6 is 0 Å². The van der Waals surface area contributed by atoms with Crippen molar-refractivity contribution in [2.24, 2.45) is 0 Å². The van der Waals surface area contributed by atoms with Crippen LogP contribution in [0.4, 0.5) is 0 Å². The molecule has 3 rings (SSSR count). The number of nitrogens with zero attached hydrogens (tertiary/aromatic N) is 2. The summed E-state index contributed by atoms with van der Waals surface area (Å²) in [5, 5.41) is 7.60. The van der Waals surface area contributed by atoms with E-state index in [1.807, 2.05) is 54.1 Å². The van der Waals surface area contributed by atoms with Gasteiger partial charge in [-0.3, -0.25) is 4.79 Å².